The molecule has 0 amide bonds. The number of hydrogen-bond acceptors (Lipinski definition) is 4. The maximum absolute atomic E-state index is 6.18. The van der Waals surface area contributed by atoms with E-state index in [1.165, 1.54) is 0 Å². The quantitative estimate of drug-likeness (QED) is 0.942. The van der Waals surface area contributed by atoms with E-state index < -0.39 is 6.04 Å². The molecule has 0 bridgehead atoms. The fourth-order valence-electron chi connectivity index (χ4n) is 1.73. The van der Waals surface area contributed by atoms with E-state index in [4.69, 9.17) is 19.6 Å². The van der Waals surface area contributed by atoms with E-state index in [9.17, 15) is 0 Å². The van der Waals surface area contributed by atoms with Gasteiger partial charge in [-0.25, -0.2) is 0 Å². The minimum Gasteiger partial charge on any atom is -0.497 e. The fourth-order valence-corrected chi connectivity index (χ4v) is 2.05. The van der Waals surface area contributed by atoms with Gasteiger partial charge in [0.15, 0.2) is 4.67 Å². The van der Waals surface area contributed by atoms with Gasteiger partial charge in [0.05, 0.1) is 20.3 Å². The van der Waals surface area contributed by atoms with E-state index in [1.807, 2.05) is 30.3 Å². The number of halogens is 1. The molecule has 1 heterocycles. The summed E-state index contributed by atoms with van der Waals surface area (Å²) in [5.74, 6) is 2.09. The van der Waals surface area contributed by atoms with Crippen molar-refractivity contribution in [2.45, 2.75) is 6.04 Å². The Morgan fingerprint density at radius 3 is 2.50 bits per heavy atom. The number of hydrogen-bond donors (Lipinski definition) is 1. The van der Waals surface area contributed by atoms with Crippen LogP contribution < -0.4 is 15.2 Å². The highest BCUT2D eigenvalue weighted by atomic mass is 79.9. The molecule has 0 fully saturated rings. The van der Waals surface area contributed by atoms with Crippen LogP contribution in [0.4, 0.5) is 0 Å². The second-order valence-electron chi connectivity index (χ2n) is 3.73. The first-order valence-electron chi connectivity index (χ1n) is 5.38. The van der Waals surface area contributed by atoms with Crippen LogP contribution in [0.3, 0.4) is 0 Å². The third-order valence-corrected chi connectivity index (χ3v) is 3.10. The van der Waals surface area contributed by atoms with Crippen LogP contribution >= 0.6 is 15.9 Å². The van der Waals surface area contributed by atoms with Gasteiger partial charge in [-0.1, -0.05) is 0 Å². The molecule has 5 heteroatoms. The minimum atomic E-state index is -0.402. The number of methoxy groups -OCH3 is 2. The lowest BCUT2D eigenvalue weighted by atomic mass is 10.0. The van der Waals surface area contributed by atoms with Crippen LogP contribution in [-0.4, -0.2) is 14.2 Å². The Labute approximate surface area is 114 Å². The highest BCUT2D eigenvalue weighted by molar-refractivity contribution is 9.10. The van der Waals surface area contributed by atoms with Crippen LogP contribution in [0.25, 0.3) is 0 Å². The molecule has 0 aliphatic rings. The molecule has 0 aliphatic heterocycles. The molecule has 0 aliphatic carbocycles. The molecule has 1 atom stereocenters. The summed E-state index contributed by atoms with van der Waals surface area (Å²) in [5, 5.41) is 0. The molecule has 1 aromatic heterocycles. The topological polar surface area (TPSA) is 57.6 Å². The third-order valence-electron chi connectivity index (χ3n) is 2.67. The van der Waals surface area contributed by atoms with Crippen LogP contribution in [0.1, 0.15) is 17.4 Å². The van der Waals surface area contributed by atoms with Gasteiger partial charge in [-0.3, -0.25) is 0 Å². The molecular formula is C13H14BrNO3. The maximum atomic E-state index is 6.18. The Hall–Kier alpha value is -1.46. The summed E-state index contributed by atoms with van der Waals surface area (Å²) < 4.78 is 16.6. The standard InChI is InChI=1S/C13H14BrNO3/c1-16-8-3-4-10(17-2)9(7-8)13(15)11-5-6-12(14)18-11/h3-7,13H,15H2,1-2H3. The Bertz CT molecular complexity index is 539. The van der Waals surface area contributed by atoms with E-state index in [0.717, 1.165) is 11.3 Å². The molecule has 1 unspecified atom stereocenters. The minimum absolute atomic E-state index is 0.402. The summed E-state index contributed by atoms with van der Waals surface area (Å²) in [6.45, 7) is 0. The number of nitrogens with two attached hydrogens (primary N) is 1. The van der Waals surface area contributed by atoms with Crippen molar-refractivity contribution in [3.8, 4) is 11.5 Å². The number of furan rings is 1. The molecule has 96 valence electrons. The monoisotopic (exact) mass is 311 g/mol. The third kappa shape index (κ3) is 2.52. The van der Waals surface area contributed by atoms with Crippen LogP contribution in [0.2, 0.25) is 0 Å². The average Bonchev–Trinajstić information content (AvgIpc) is 2.83. The predicted molar refractivity (Wildman–Crippen MR) is 72.0 cm³/mol. The predicted octanol–water partition coefficient (Wildman–Crippen LogP) is 3.11. The number of ether oxygens (including phenoxy) is 2. The van der Waals surface area contributed by atoms with Gasteiger partial charge >= 0.3 is 0 Å². The summed E-state index contributed by atoms with van der Waals surface area (Å²) in [7, 11) is 3.22. The molecule has 2 aromatic rings. The van der Waals surface area contributed by atoms with Crippen LogP contribution in [0.5, 0.6) is 11.5 Å². The van der Waals surface area contributed by atoms with Gasteiger partial charge in [-0.15, -0.1) is 0 Å². The van der Waals surface area contributed by atoms with Gasteiger partial charge < -0.3 is 19.6 Å². The Morgan fingerprint density at radius 2 is 1.94 bits per heavy atom. The second-order valence-corrected chi connectivity index (χ2v) is 4.51. The van der Waals surface area contributed by atoms with Crippen LogP contribution in [0.15, 0.2) is 39.4 Å². The van der Waals surface area contributed by atoms with Gasteiger partial charge in [0.25, 0.3) is 0 Å². The Balaban J connectivity index is 2.41. The Morgan fingerprint density at radius 1 is 1.17 bits per heavy atom. The normalized spacial score (nSPS) is 12.2. The van der Waals surface area contributed by atoms with Gasteiger partial charge in [-0.2, -0.15) is 0 Å². The van der Waals surface area contributed by atoms with Crippen molar-refractivity contribution >= 4 is 15.9 Å². The highest BCUT2D eigenvalue weighted by Crippen LogP contribution is 2.32. The lowest BCUT2D eigenvalue weighted by Crippen LogP contribution is -2.12. The molecule has 0 spiro atoms. The van der Waals surface area contributed by atoms with E-state index in [0.29, 0.717) is 16.2 Å². The number of rotatable bonds is 4. The van der Waals surface area contributed by atoms with Crippen molar-refractivity contribution in [2.75, 3.05) is 14.2 Å². The highest BCUT2D eigenvalue weighted by Gasteiger charge is 2.18. The number of benzene rings is 1. The van der Waals surface area contributed by atoms with Gasteiger partial charge in [0, 0.05) is 5.56 Å². The first-order chi connectivity index (χ1) is 8.65. The van der Waals surface area contributed by atoms with Crippen molar-refractivity contribution < 1.29 is 13.9 Å². The van der Waals surface area contributed by atoms with E-state index >= 15 is 0 Å². The van der Waals surface area contributed by atoms with Gasteiger partial charge in [-0.05, 0) is 46.3 Å². The summed E-state index contributed by atoms with van der Waals surface area (Å²) >= 11 is 3.26. The first kappa shape index (κ1) is 13.0. The average molecular weight is 312 g/mol. The Kier molecular flexibility index (Phi) is 3.93. The zero-order valence-corrected chi connectivity index (χ0v) is 11.7. The van der Waals surface area contributed by atoms with Crippen molar-refractivity contribution in [1.82, 2.24) is 0 Å². The van der Waals surface area contributed by atoms with Crippen molar-refractivity contribution in [2.24, 2.45) is 5.73 Å². The summed E-state index contributed by atoms with van der Waals surface area (Å²) in [4.78, 5) is 0. The molecule has 2 N–H and O–H groups in total. The molecule has 0 saturated heterocycles. The molecular weight excluding hydrogens is 298 g/mol. The molecule has 4 nitrogen and oxygen atoms in total. The van der Waals surface area contributed by atoms with E-state index in [1.54, 1.807) is 14.2 Å². The lowest BCUT2D eigenvalue weighted by molar-refractivity contribution is 0.392. The zero-order chi connectivity index (χ0) is 13.1. The fraction of sp³-hybridized carbons (Fsp3) is 0.231. The SMILES string of the molecule is COc1ccc(OC)c(C(N)c2ccc(Br)o2)c1. The van der Waals surface area contributed by atoms with Gasteiger partial charge in [0.1, 0.15) is 17.3 Å². The van der Waals surface area contributed by atoms with E-state index in [-0.39, 0.29) is 0 Å². The molecule has 0 saturated carbocycles. The van der Waals surface area contributed by atoms with Crippen molar-refractivity contribution in [3.05, 3.63) is 46.3 Å². The van der Waals surface area contributed by atoms with Gasteiger partial charge in [0.2, 0.25) is 0 Å². The lowest BCUT2D eigenvalue weighted by Gasteiger charge is -2.15. The largest absolute Gasteiger partial charge is 0.497 e. The van der Waals surface area contributed by atoms with Crippen LogP contribution in [0, 0.1) is 0 Å². The summed E-state index contributed by atoms with van der Waals surface area (Å²) in [6, 6.07) is 8.73. The summed E-state index contributed by atoms with van der Waals surface area (Å²) in [5.41, 5.74) is 7.00. The molecule has 2 rings (SSSR count). The van der Waals surface area contributed by atoms with Crippen molar-refractivity contribution in [3.63, 3.8) is 0 Å². The second kappa shape index (κ2) is 5.46. The van der Waals surface area contributed by atoms with Crippen molar-refractivity contribution in [1.29, 1.82) is 0 Å². The molecule has 1 aromatic carbocycles. The summed E-state index contributed by atoms with van der Waals surface area (Å²) in [6.07, 6.45) is 0. The molecule has 0 radical (unpaired) electrons. The zero-order valence-electron chi connectivity index (χ0n) is 10.1. The smallest absolute Gasteiger partial charge is 0.169 e. The first-order valence-corrected chi connectivity index (χ1v) is 6.17. The molecule has 18 heavy (non-hydrogen) atoms. The maximum Gasteiger partial charge on any atom is 0.169 e. The van der Waals surface area contributed by atoms with E-state index in [2.05, 4.69) is 15.9 Å². The van der Waals surface area contributed by atoms with Crippen LogP contribution in [-0.2, 0) is 0 Å².